The Kier molecular flexibility index (Phi) is 2.79. The molecule has 1 aromatic heterocycles. The number of halogens is 2. The molecule has 0 unspecified atom stereocenters. The summed E-state index contributed by atoms with van der Waals surface area (Å²) >= 11 is 6.00. The number of carboxylic acid groups (broad SMARTS) is 1. The second kappa shape index (κ2) is 3.85. The van der Waals surface area contributed by atoms with Crippen molar-refractivity contribution in [3.05, 3.63) is 29.7 Å². The zero-order chi connectivity index (χ0) is 12.0. The average Bonchev–Trinajstić information content (AvgIpc) is 2.68. The molecule has 1 aromatic rings. The van der Waals surface area contributed by atoms with Crippen LogP contribution in [0.25, 0.3) is 0 Å². The van der Waals surface area contributed by atoms with Crippen molar-refractivity contribution in [1.29, 1.82) is 0 Å². The van der Waals surface area contributed by atoms with Gasteiger partial charge in [0.1, 0.15) is 8.95 Å². The molecule has 0 bridgehead atoms. The lowest BCUT2D eigenvalue weighted by Crippen LogP contribution is -2.35. The first-order valence-corrected chi connectivity index (χ1v) is 5.93. The van der Waals surface area contributed by atoms with Gasteiger partial charge in [-0.25, -0.2) is 9.36 Å². The molecule has 0 radical (unpaired) electrons. The minimum absolute atomic E-state index is 0.0231. The molecule has 0 aliphatic carbocycles. The molecular formula is C8H6Br2N2O4. The fourth-order valence-electron chi connectivity index (χ4n) is 1.63. The van der Waals surface area contributed by atoms with E-state index in [1.165, 1.54) is 0 Å². The van der Waals surface area contributed by atoms with Gasteiger partial charge in [-0.05, 0) is 31.9 Å². The molecule has 2 rings (SSSR count). The van der Waals surface area contributed by atoms with Crippen LogP contribution in [-0.2, 0) is 17.9 Å². The molecule has 0 saturated carbocycles. The zero-order valence-corrected chi connectivity index (χ0v) is 11.0. The first-order valence-electron chi connectivity index (χ1n) is 4.35. The molecule has 0 fully saturated rings. The van der Waals surface area contributed by atoms with E-state index in [1.54, 1.807) is 0 Å². The van der Waals surface area contributed by atoms with Gasteiger partial charge in [-0.2, -0.15) is 0 Å². The van der Waals surface area contributed by atoms with E-state index in [4.69, 9.17) is 5.11 Å². The minimum Gasteiger partial charge on any atom is -0.481 e. The van der Waals surface area contributed by atoms with Crippen molar-refractivity contribution in [2.45, 2.75) is 13.1 Å². The number of hydrogen-bond donors (Lipinski definition) is 1. The molecule has 16 heavy (non-hydrogen) atoms. The molecular weight excluding hydrogens is 348 g/mol. The minimum atomic E-state index is -1.01. The molecule has 6 nitrogen and oxygen atoms in total. The fraction of sp³-hybridized carbons (Fsp3) is 0.375. The molecule has 1 aliphatic rings. The van der Waals surface area contributed by atoms with E-state index in [-0.39, 0.29) is 22.0 Å². The third-order valence-corrected chi connectivity index (χ3v) is 4.47. The maximum Gasteiger partial charge on any atom is 0.310 e. The predicted octanol–water partition coefficient (Wildman–Crippen LogP) is 0.249. The van der Waals surface area contributed by atoms with Crippen LogP contribution in [-0.4, -0.2) is 20.4 Å². The largest absolute Gasteiger partial charge is 0.481 e. The van der Waals surface area contributed by atoms with Gasteiger partial charge < -0.3 is 5.11 Å². The van der Waals surface area contributed by atoms with E-state index in [0.29, 0.717) is 0 Å². The molecule has 0 spiro atoms. The van der Waals surface area contributed by atoms with Crippen LogP contribution in [0.3, 0.4) is 0 Å². The van der Waals surface area contributed by atoms with Gasteiger partial charge in [0.25, 0.3) is 11.1 Å². The predicted molar refractivity (Wildman–Crippen MR) is 61.5 cm³/mol. The number of rotatable bonds is 1. The van der Waals surface area contributed by atoms with Crippen LogP contribution in [0.2, 0.25) is 0 Å². The van der Waals surface area contributed by atoms with E-state index >= 15 is 0 Å². The summed E-state index contributed by atoms with van der Waals surface area (Å²) in [5.41, 5.74) is -0.814. The summed E-state index contributed by atoms with van der Waals surface area (Å²) < 4.78 is 2.55. The third-order valence-electron chi connectivity index (χ3n) is 2.46. The number of carboxylic acids is 1. The normalized spacial score (nSPS) is 15.1. The summed E-state index contributed by atoms with van der Waals surface area (Å²) in [6.45, 7) is 0.0462. The third kappa shape index (κ3) is 1.56. The highest BCUT2D eigenvalue weighted by Gasteiger charge is 2.30. The topological polar surface area (TPSA) is 81.3 Å². The first-order chi connectivity index (χ1) is 7.43. The van der Waals surface area contributed by atoms with Gasteiger partial charge in [-0.3, -0.25) is 14.4 Å². The fourth-order valence-corrected chi connectivity index (χ4v) is 2.38. The van der Waals surface area contributed by atoms with E-state index in [1.807, 2.05) is 0 Å². The summed E-state index contributed by atoms with van der Waals surface area (Å²) in [5, 5.41) is 8.85. The molecule has 0 aromatic carbocycles. The van der Waals surface area contributed by atoms with Gasteiger partial charge >= 0.3 is 5.97 Å². The lowest BCUT2D eigenvalue weighted by molar-refractivity contribution is -0.141. The van der Waals surface area contributed by atoms with Crippen LogP contribution >= 0.6 is 31.9 Å². The smallest absolute Gasteiger partial charge is 0.310 e. The standard InChI is InChI=1S/C8H6Br2N2O4/c9-4-5(10)7(14)12-2-3(8(15)16)1-11(12)6(4)13/h3H,1-2H2,(H,15,16). The summed E-state index contributed by atoms with van der Waals surface area (Å²) in [4.78, 5) is 34.3. The van der Waals surface area contributed by atoms with Crippen LogP contribution in [0, 0.1) is 5.92 Å². The molecule has 0 saturated heterocycles. The molecule has 0 amide bonds. The maximum absolute atomic E-state index is 11.7. The van der Waals surface area contributed by atoms with Crippen molar-refractivity contribution in [2.75, 3.05) is 0 Å². The summed E-state index contributed by atoms with van der Waals surface area (Å²) in [5.74, 6) is -1.74. The summed E-state index contributed by atoms with van der Waals surface area (Å²) in [6.07, 6.45) is 0. The van der Waals surface area contributed by atoms with Gasteiger partial charge in [0, 0.05) is 0 Å². The van der Waals surface area contributed by atoms with Crippen molar-refractivity contribution >= 4 is 37.8 Å². The molecule has 1 N–H and O–H groups in total. The molecule has 8 heteroatoms. The Bertz CT molecular complexity index is 544. The maximum atomic E-state index is 11.7. The Morgan fingerprint density at radius 3 is 1.81 bits per heavy atom. The van der Waals surface area contributed by atoms with Crippen LogP contribution in [0.15, 0.2) is 18.5 Å². The number of nitrogens with zero attached hydrogens (tertiary/aromatic N) is 2. The molecule has 86 valence electrons. The second-order valence-electron chi connectivity index (χ2n) is 3.44. The Hall–Kier alpha value is -0.890. The average molecular weight is 354 g/mol. The van der Waals surface area contributed by atoms with Gasteiger partial charge in [0.2, 0.25) is 0 Å². The van der Waals surface area contributed by atoms with Crippen molar-refractivity contribution < 1.29 is 9.90 Å². The van der Waals surface area contributed by atoms with Crippen molar-refractivity contribution in [3.8, 4) is 0 Å². The number of hydrogen-bond acceptors (Lipinski definition) is 3. The van der Waals surface area contributed by atoms with Crippen LogP contribution in [0.4, 0.5) is 0 Å². The first kappa shape index (κ1) is 11.6. The SMILES string of the molecule is O=C(O)C1Cn2c(=O)c(Br)c(Br)c(=O)n2C1. The Balaban J connectivity index is 2.67. The molecule has 2 heterocycles. The highest BCUT2D eigenvalue weighted by Crippen LogP contribution is 2.17. The Labute approximate surface area is 106 Å². The number of aromatic nitrogens is 2. The van der Waals surface area contributed by atoms with E-state index in [0.717, 1.165) is 9.36 Å². The highest BCUT2D eigenvalue weighted by molar-refractivity contribution is 9.13. The van der Waals surface area contributed by atoms with Gasteiger partial charge in [-0.1, -0.05) is 0 Å². The van der Waals surface area contributed by atoms with Gasteiger partial charge in [0.15, 0.2) is 0 Å². The monoisotopic (exact) mass is 352 g/mol. The van der Waals surface area contributed by atoms with Crippen LogP contribution in [0.5, 0.6) is 0 Å². The highest BCUT2D eigenvalue weighted by atomic mass is 79.9. The Morgan fingerprint density at radius 2 is 1.50 bits per heavy atom. The second-order valence-corrected chi connectivity index (χ2v) is 5.02. The van der Waals surface area contributed by atoms with E-state index < -0.39 is 23.0 Å². The lowest BCUT2D eigenvalue weighted by Gasteiger charge is -2.06. The molecule has 0 atom stereocenters. The van der Waals surface area contributed by atoms with Crippen LogP contribution < -0.4 is 11.1 Å². The number of fused-ring (bicyclic) bond motifs is 1. The quantitative estimate of drug-likeness (QED) is 0.784. The summed E-state index contributed by atoms with van der Waals surface area (Å²) in [7, 11) is 0. The summed E-state index contributed by atoms with van der Waals surface area (Å²) in [6, 6.07) is 0. The lowest BCUT2D eigenvalue weighted by atomic mass is 10.2. The van der Waals surface area contributed by atoms with Gasteiger partial charge in [0.05, 0.1) is 19.0 Å². The van der Waals surface area contributed by atoms with E-state index in [9.17, 15) is 14.4 Å². The van der Waals surface area contributed by atoms with Crippen LogP contribution in [0.1, 0.15) is 0 Å². The van der Waals surface area contributed by atoms with Crippen molar-refractivity contribution in [3.63, 3.8) is 0 Å². The molecule has 1 aliphatic heterocycles. The van der Waals surface area contributed by atoms with Crippen molar-refractivity contribution in [2.24, 2.45) is 5.92 Å². The van der Waals surface area contributed by atoms with E-state index in [2.05, 4.69) is 31.9 Å². The Morgan fingerprint density at radius 1 is 1.12 bits per heavy atom. The number of carbonyl (C=O) groups is 1. The number of aliphatic carboxylic acids is 1. The zero-order valence-electron chi connectivity index (χ0n) is 7.81. The van der Waals surface area contributed by atoms with Crippen molar-refractivity contribution in [1.82, 2.24) is 9.36 Å². The van der Waals surface area contributed by atoms with Gasteiger partial charge in [-0.15, -0.1) is 0 Å².